The highest BCUT2D eigenvalue weighted by Gasteiger charge is 2.24. The van der Waals surface area contributed by atoms with E-state index in [-0.39, 0.29) is 42.4 Å². The summed E-state index contributed by atoms with van der Waals surface area (Å²) >= 11 is 0. The molecule has 1 aliphatic rings. The highest BCUT2D eigenvalue weighted by Crippen LogP contribution is 2.33. The van der Waals surface area contributed by atoms with Gasteiger partial charge in [-0.3, -0.25) is 4.90 Å². The average Bonchev–Trinajstić information content (AvgIpc) is 2.44. The molecule has 6 heteroatoms. The van der Waals surface area contributed by atoms with Crippen LogP contribution in [0.25, 0.3) is 0 Å². The summed E-state index contributed by atoms with van der Waals surface area (Å²) in [5.41, 5.74) is 0.684. The topological polar surface area (TPSA) is 35.5 Å². The molecule has 1 saturated heterocycles. The SMILES string of the molecule is C=CCC[C@H](c1cc(F)ccc1O)N1CCNCC1.Cl.Cl. The van der Waals surface area contributed by atoms with Gasteiger partial charge in [-0.15, -0.1) is 31.4 Å². The summed E-state index contributed by atoms with van der Waals surface area (Å²) in [5, 5.41) is 13.3. The molecule has 0 aromatic heterocycles. The van der Waals surface area contributed by atoms with Crippen molar-refractivity contribution < 1.29 is 9.50 Å². The van der Waals surface area contributed by atoms with Crippen LogP contribution in [0.15, 0.2) is 30.9 Å². The van der Waals surface area contributed by atoms with E-state index in [1.165, 1.54) is 18.2 Å². The van der Waals surface area contributed by atoms with E-state index < -0.39 is 0 Å². The van der Waals surface area contributed by atoms with Crippen LogP contribution in [0.2, 0.25) is 0 Å². The molecule has 1 aromatic carbocycles. The van der Waals surface area contributed by atoms with Crippen molar-refractivity contribution in [3.8, 4) is 5.75 Å². The molecular formula is C15H23Cl2FN2O. The lowest BCUT2D eigenvalue weighted by atomic mass is 9.98. The molecule has 120 valence electrons. The van der Waals surface area contributed by atoms with Crippen molar-refractivity contribution in [2.75, 3.05) is 26.2 Å². The monoisotopic (exact) mass is 336 g/mol. The first-order valence-corrected chi connectivity index (χ1v) is 6.76. The minimum Gasteiger partial charge on any atom is -0.508 e. The Labute approximate surface area is 138 Å². The van der Waals surface area contributed by atoms with Gasteiger partial charge < -0.3 is 10.4 Å². The molecule has 3 nitrogen and oxygen atoms in total. The Hall–Kier alpha value is -0.810. The van der Waals surface area contributed by atoms with Crippen LogP contribution in [0, 0.1) is 5.82 Å². The first-order chi connectivity index (χ1) is 9.22. The number of hydrogen-bond acceptors (Lipinski definition) is 3. The van der Waals surface area contributed by atoms with Gasteiger partial charge in [0.05, 0.1) is 0 Å². The predicted octanol–water partition coefficient (Wildman–Crippen LogP) is 3.29. The second-order valence-corrected chi connectivity index (χ2v) is 4.87. The molecule has 0 spiro atoms. The summed E-state index contributed by atoms with van der Waals surface area (Å²) in [6.45, 7) is 7.44. The summed E-state index contributed by atoms with van der Waals surface area (Å²) in [7, 11) is 0. The number of nitrogens with one attached hydrogen (secondary N) is 1. The lowest BCUT2D eigenvalue weighted by Gasteiger charge is -2.35. The van der Waals surface area contributed by atoms with Gasteiger partial charge in [0.25, 0.3) is 0 Å². The van der Waals surface area contributed by atoms with Crippen molar-refractivity contribution in [1.82, 2.24) is 10.2 Å². The summed E-state index contributed by atoms with van der Waals surface area (Å²) in [6, 6.07) is 4.23. The average molecular weight is 337 g/mol. The van der Waals surface area contributed by atoms with Crippen LogP contribution in [0.1, 0.15) is 24.4 Å². The standard InChI is InChI=1S/C15H21FN2O.2ClH/c1-2-3-4-14(18-9-7-17-8-10-18)13-11-12(16)5-6-15(13)19;;/h2,5-6,11,14,17,19H,1,3-4,7-10H2;2*1H/t14-;;/m1../s1. The van der Waals surface area contributed by atoms with Gasteiger partial charge in [0, 0.05) is 37.8 Å². The quantitative estimate of drug-likeness (QED) is 0.810. The van der Waals surface area contributed by atoms with Gasteiger partial charge >= 0.3 is 0 Å². The highest BCUT2D eigenvalue weighted by atomic mass is 35.5. The van der Waals surface area contributed by atoms with Crippen molar-refractivity contribution in [2.24, 2.45) is 0 Å². The zero-order chi connectivity index (χ0) is 13.7. The smallest absolute Gasteiger partial charge is 0.123 e. The normalized spacial score (nSPS) is 16.4. The largest absolute Gasteiger partial charge is 0.508 e. The lowest BCUT2D eigenvalue weighted by Crippen LogP contribution is -2.45. The number of aromatic hydroxyl groups is 1. The number of phenols is 1. The maximum absolute atomic E-state index is 13.4. The third kappa shape index (κ3) is 5.47. The Morgan fingerprint density at radius 1 is 1.33 bits per heavy atom. The molecule has 1 aliphatic heterocycles. The Kier molecular flexibility index (Phi) is 9.62. The molecule has 1 heterocycles. The maximum Gasteiger partial charge on any atom is 0.123 e. The number of halogens is 3. The summed E-state index contributed by atoms with van der Waals surface area (Å²) < 4.78 is 13.4. The molecule has 0 radical (unpaired) electrons. The van der Waals surface area contributed by atoms with E-state index in [1.54, 1.807) is 0 Å². The Morgan fingerprint density at radius 3 is 2.62 bits per heavy atom. The van der Waals surface area contributed by atoms with Gasteiger partial charge in [0.2, 0.25) is 0 Å². The van der Waals surface area contributed by atoms with Gasteiger partial charge in [-0.25, -0.2) is 4.39 Å². The second-order valence-electron chi connectivity index (χ2n) is 4.87. The van der Waals surface area contributed by atoms with Crippen LogP contribution in [-0.4, -0.2) is 36.2 Å². The van der Waals surface area contributed by atoms with Gasteiger partial charge in [0.15, 0.2) is 0 Å². The molecule has 1 atom stereocenters. The molecule has 21 heavy (non-hydrogen) atoms. The van der Waals surface area contributed by atoms with Crippen LogP contribution < -0.4 is 5.32 Å². The van der Waals surface area contributed by atoms with Crippen LogP contribution >= 0.6 is 24.8 Å². The zero-order valence-electron chi connectivity index (χ0n) is 11.9. The van der Waals surface area contributed by atoms with Gasteiger partial charge in [0.1, 0.15) is 11.6 Å². The lowest BCUT2D eigenvalue weighted by molar-refractivity contribution is 0.163. The van der Waals surface area contributed by atoms with E-state index in [1.807, 2.05) is 6.08 Å². The van der Waals surface area contributed by atoms with Crippen molar-refractivity contribution in [2.45, 2.75) is 18.9 Å². The van der Waals surface area contributed by atoms with E-state index in [0.29, 0.717) is 5.56 Å². The van der Waals surface area contributed by atoms with Crippen molar-refractivity contribution in [1.29, 1.82) is 0 Å². The molecule has 1 aromatic rings. The maximum atomic E-state index is 13.4. The van der Waals surface area contributed by atoms with E-state index in [0.717, 1.165) is 39.0 Å². The summed E-state index contributed by atoms with van der Waals surface area (Å²) in [6.07, 6.45) is 3.57. The van der Waals surface area contributed by atoms with Crippen molar-refractivity contribution in [3.63, 3.8) is 0 Å². The minimum absolute atomic E-state index is 0. The molecule has 0 aliphatic carbocycles. The van der Waals surface area contributed by atoms with Gasteiger partial charge in [-0.05, 0) is 31.0 Å². The van der Waals surface area contributed by atoms with Crippen LogP contribution in [-0.2, 0) is 0 Å². The van der Waals surface area contributed by atoms with Crippen molar-refractivity contribution >= 4 is 24.8 Å². The number of rotatable bonds is 5. The predicted molar refractivity (Wildman–Crippen MR) is 89.2 cm³/mol. The number of phenolic OH excluding ortho intramolecular Hbond substituents is 1. The number of hydrogen-bond donors (Lipinski definition) is 2. The minimum atomic E-state index is -0.300. The number of benzene rings is 1. The van der Waals surface area contributed by atoms with E-state index >= 15 is 0 Å². The van der Waals surface area contributed by atoms with Gasteiger partial charge in [-0.2, -0.15) is 0 Å². The fourth-order valence-corrected chi connectivity index (χ4v) is 2.60. The molecule has 0 bridgehead atoms. The van der Waals surface area contributed by atoms with Gasteiger partial charge in [-0.1, -0.05) is 6.08 Å². The molecule has 0 amide bonds. The first-order valence-electron chi connectivity index (χ1n) is 6.76. The Morgan fingerprint density at radius 2 is 2.00 bits per heavy atom. The zero-order valence-corrected chi connectivity index (χ0v) is 13.6. The van der Waals surface area contributed by atoms with Crippen LogP contribution in [0.3, 0.4) is 0 Å². The van der Waals surface area contributed by atoms with E-state index in [9.17, 15) is 9.50 Å². The Balaban J connectivity index is 0.00000200. The van der Waals surface area contributed by atoms with Crippen LogP contribution in [0.5, 0.6) is 5.75 Å². The molecule has 0 saturated carbocycles. The Bertz CT molecular complexity index is 440. The fraction of sp³-hybridized carbons (Fsp3) is 0.467. The summed E-state index contributed by atoms with van der Waals surface area (Å²) in [4.78, 5) is 2.30. The fourth-order valence-electron chi connectivity index (χ4n) is 2.60. The first kappa shape index (κ1) is 20.2. The molecule has 0 unspecified atom stereocenters. The third-order valence-electron chi connectivity index (χ3n) is 3.59. The number of allylic oxidation sites excluding steroid dienone is 1. The third-order valence-corrected chi connectivity index (χ3v) is 3.59. The van der Waals surface area contributed by atoms with Crippen molar-refractivity contribution in [3.05, 3.63) is 42.2 Å². The number of nitrogens with zero attached hydrogens (tertiary/aromatic N) is 1. The molecular weight excluding hydrogens is 314 g/mol. The van der Waals surface area contributed by atoms with E-state index in [2.05, 4.69) is 16.8 Å². The molecule has 2 N–H and O–H groups in total. The van der Waals surface area contributed by atoms with E-state index in [4.69, 9.17) is 0 Å². The highest BCUT2D eigenvalue weighted by molar-refractivity contribution is 5.85. The number of piperazine rings is 1. The van der Waals surface area contributed by atoms with Crippen LogP contribution in [0.4, 0.5) is 4.39 Å². The second kappa shape index (κ2) is 10.0. The summed E-state index contributed by atoms with van der Waals surface area (Å²) in [5.74, 6) is -0.125. The molecule has 1 fully saturated rings. The molecule has 2 rings (SSSR count).